The van der Waals surface area contributed by atoms with Gasteiger partial charge in [-0.1, -0.05) is 24.3 Å². The van der Waals surface area contributed by atoms with E-state index < -0.39 is 5.79 Å². The second kappa shape index (κ2) is 8.56. The van der Waals surface area contributed by atoms with Crippen molar-refractivity contribution in [3.63, 3.8) is 0 Å². The fourth-order valence-electron chi connectivity index (χ4n) is 4.53. The number of hydrogen-bond donors (Lipinski definition) is 1. The fraction of sp³-hybridized carbons (Fsp3) is 0.385. The molecular weight excluding hydrogens is 418 g/mol. The number of fused-ring (bicyclic) bond motifs is 2. The summed E-state index contributed by atoms with van der Waals surface area (Å²) in [6, 6.07) is 15.8. The Morgan fingerprint density at radius 1 is 1.21 bits per heavy atom. The van der Waals surface area contributed by atoms with Gasteiger partial charge in [-0.15, -0.1) is 0 Å². The molecule has 2 aliphatic heterocycles. The molecule has 1 amide bonds. The average molecular weight is 448 g/mol. The highest BCUT2D eigenvalue weighted by molar-refractivity contribution is 5.96. The van der Waals surface area contributed by atoms with Crippen LogP contribution < -0.4 is 19.5 Å². The summed E-state index contributed by atoms with van der Waals surface area (Å²) < 4.78 is 17.3. The molecule has 3 heterocycles. The zero-order chi connectivity index (χ0) is 23.0. The highest BCUT2D eigenvalue weighted by Gasteiger charge is 2.36. The largest absolute Gasteiger partial charge is 0.493 e. The standard InChI is InChI=1S/C26H29N3O4/c1-26(2)32-23-14-18(13-22(31-3)24(23)33-26)25(30)29(15-19-8-6-12-27-19)16-20-11-10-17-7-4-5-9-21(17)28-20/h4-5,7,9-11,13-14,19,27H,6,8,12,15-16H2,1-3H3/t19-/m0/s1. The van der Waals surface area contributed by atoms with E-state index in [9.17, 15) is 4.79 Å². The van der Waals surface area contributed by atoms with E-state index in [-0.39, 0.29) is 11.9 Å². The Morgan fingerprint density at radius 3 is 2.85 bits per heavy atom. The smallest absolute Gasteiger partial charge is 0.254 e. The first-order chi connectivity index (χ1) is 15.9. The number of benzene rings is 2. The van der Waals surface area contributed by atoms with Gasteiger partial charge >= 0.3 is 0 Å². The van der Waals surface area contributed by atoms with E-state index in [0.29, 0.717) is 35.9 Å². The van der Waals surface area contributed by atoms with Gasteiger partial charge in [-0.3, -0.25) is 9.78 Å². The van der Waals surface area contributed by atoms with Crippen molar-refractivity contribution in [2.24, 2.45) is 0 Å². The molecule has 3 aromatic rings. The number of carbonyl (C=O) groups excluding carboxylic acids is 1. The van der Waals surface area contributed by atoms with E-state index in [1.54, 1.807) is 19.2 Å². The fourth-order valence-corrected chi connectivity index (χ4v) is 4.53. The minimum Gasteiger partial charge on any atom is -0.493 e. The van der Waals surface area contributed by atoms with E-state index in [4.69, 9.17) is 19.2 Å². The number of rotatable bonds is 6. The molecule has 7 heteroatoms. The van der Waals surface area contributed by atoms with E-state index in [1.165, 1.54) is 0 Å². The molecular formula is C26H29N3O4. The maximum absolute atomic E-state index is 13.7. The van der Waals surface area contributed by atoms with Gasteiger partial charge in [-0.2, -0.15) is 0 Å². The number of nitrogens with one attached hydrogen (secondary N) is 1. The quantitative estimate of drug-likeness (QED) is 0.612. The molecule has 5 rings (SSSR count). The molecule has 1 saturated heterocycles. The molecule has 1 atom stereocenters. The van der Waals surface area contributed by atoms with Crippen LogP contribution in [0.3, 0.4) is 0 Å². The Kier molecular flexibility index (Phi) is 5.58. The molecule has 0 radical (unpaired) electrons. The molecule has 2 aliphatic rings. The Hall–Kier alpha value is -3.32. The molecule has 0 aliphatic carbocycles. The Bertz CT molecular complexity index is 1190. The summed E-state index contributed by atoms with van der Waals surface area (Å²) in [7, 11) is 1.57. The molecule has 2 aromatic carbocycles. The zero-order valence-electron chi connectivity index (χ0n) is 19.3. The van der Waals surface area contributed by atoms with Crippen molar-refractivity contribution >= 4 is 16.8 Å². The van der Waals surface area contributed by atoms with Crippen molar-refractivity contribution in [3.05, 3.63) is 59.8 Å². The monoisotopic (exact) mass is 447 g/mol. The van der Waals surface area contributed by atoms with E-state index in [1.807, 2.05) is 49.1 Å². The third-order valence-electron chi connectivity index (χ3n) is 6.09. The number of pyridine rings is 1. The normalized spacial score (nSPS) is 18.5. The predicted octanol–water partition coefficient (Wildman–Crippen LogP) is 4.15. The van der Waals surface area contributed by atoms with E-state index >= 15 is 0 Å². The van der Waals surface area contributed by atoms with Gasteiger partial charge in [0, 0.05) is 37.4 Å². The lowest BCUT2D eigenvalue weighted by atomic mass is 10.1. The van der Waals surface area contributed by atoms with Gasteiger partial charge < -0.3 is 24.4 Å². The molecule has 7 nitrogen and oxygen atoms in total. The van der Waals surface area contributed by atoms with Crippen LogP contribution in [0.1, 0.15) is 42.7 Å². The van der Waals surface area contributed by atoms with Gasteiger partial charge in [0.15, 0.2) is 11.5 Å². The first-order valence-corrected chi connectivity index (χ1v) is 11.4. The van der Waals surface area contributed by atoms with Crippen molar-refractivity contribution < 1.29 is 19.0 Å². The van der Waals surface area contributed by atoms with Crippen LogP contribution in [-0.2, 0) is 6.54 Å². The second-order valence-electron chi connectivity index (χ2n) is 9.08. The second-order valence-corrected chi connectivity index (χ2v) is 9.08. The summed E-state index contributed by atoms with van der Waals surface area (Å²) in [4.78, 5) is 20.4. The van der Waals surface area contributed by atoms with Crippen LogP contribution in [0.15, 0.2) is 48.5 Å². The van der Waals surface area contributed by atoms with Gasteiger partial charge in [0.2, 0.25) is 11.5 Å². The third kappa shape index (κ3) is 4.46. The predicted molar refractivity (Wildman–Crippen MR) is 126 cm³/mol. The van der Waals surface area contributed by atoms with Crippen LogP contribution in [0.2, 0.25) is 0 Å². The lowest BCUT2D eigenvalue weighted by molar-refractivity contribution is -0.0439. The minimum atomic E-state index is -0.806. The molecule has 33 heavy (non-hydrogen) atoms. The summed E-state index contributed by atoms with van der Waals surface area (Å²) in [5.41, 5.74) is 2.29. The molecule has 172 valence electrons. The molecule has 1 N–H and O–H groups in total. The first kappa shape index (κ1) is 21.5. The van der Waals surface area contributed by atoms with Crippen molar-refractivity contribution in [2.45, 2.75) is 45.1 Å². The van der Waals surface area contributed by atoms with Crippen LogP contribution in [0.4, 0.5) is 0 Å². The molecule has 1 aromatic heterocycles. The van der Waals surface area contributed by atoms with Crippen LogP contribution in [0.5, 0.6) is 17.2 Å². The summed E-state index contributed by atoms with van der Waals surface area (Å²) in [5, 5.41) is 4.58. The summed E-state index contributed by atoms with van der Waals surface area (Å²) in [6.45, 7) is 5.67. The molecule has 0 unspecified atom stereocenters. The number of ether oxygens (including phenoxy) is 3. The Labute approximate surface area is 193 Å². The first-order valence-electron chi connectivity index (χ1n) is 11.4. The molecule has 0 spiro atoms. The van der Waals surface area contributed by atoms with Gasteiger partial charge in [0.05, 0.1) is 24.9 Å². The van der Waals surface area contributed by atoms with E-state index in [2.05, 4.69) is 11.4 Å². The number of methoxy groups -OCH3 is 1. The number of hydrogen-bond acceptors (Lipinski definition) is 6. The summed E-state index contributed by atoms with van der Waals surface area (Å²) in [5.74, 6) is 0.640. The third-order valence-corrected chi connectivity index (χ3v) is 6.09. The average Bonchev–Trinajstić information content (AvgIpc) is 3.43. The Balaban J connectivity index is 1.46. The Morgan fingerprint density at radius 2 is 2.06 bits per heavy atom. The van der Waals surface area contributed by atoms with Crippen LogP contribution in [-0.4, -0.2) is 47.8 Å². The van der Waals surface area contributed by atoms with Gasteiger partial charge in [0.1, 0.15) is 0 Å². The van der Waals surface area contributed by atoms with Crippen molar-refractivity contribution in [2.75, 3.05) is 20.2 Å². The number of carbonyl (C=O) groups is 1. The van der Waals surface area contributed by atoms with Crippen LogP contribution in [0, 0.1) is 0 Å². The van der Waals surface area contributed by atoms with Gasteiger partial charge in [-0.05, 0) is 43.7 Å². The lowest BCUT2D eigenvalue weighted by Crippen LogP contribution is -2.40. The lowest BCUT2D eigenvalue weighted by Gasteiger charge is -2.26. The number of para-hydroxylation sites is 1. The maximum atomic E-state index is 13.7. The minimum absolute atomic E-state index is 0.0898. The van der Waals surface area contributed by atoms with Gasteiger partial charge in [0.25, 0.3) is 5.91 Å². The number of amides is 1. The molecule has 0 bridgehead atoms. The zero-order valence-corrected chi connectivity index (χ0v) is 19.3. The summed E-state index contributed by atoms with van der Waals surface area (Å²) in [6.07, 6.45) is 2.17. The number of nitrogens with zero attached hydrogens (tertiary/aromatic N) is 2. The summed E-state index contributed by atoms with van der Waals surface area (Å²) >= 11 is 0. The van der Waals surface area contributed by atoms with E-state index in [0.717, 1.165) is 36.0 Å². The SMILES string of the molecule is COc1cc(C(=O)N(Cc2ccc3ccccc3n2)C[C@@H]2CCCN2)cc2c1OC(C)(C)O2. The van der Waals surface area contributed by atoms with Crippen LogP contribution >= 0.6 is 0 Å². The van der Waals surface area contributed by atoms with Crippen LogP contribution in [0.25, 0.3) is 10.9 Å². The molecule has 1 fully saturated rings. The van der Waals surface area contributed by atoms with Gasteiger partial charge in [-0.25, -0.2) is 0 Å². The molecule has 0 saturated carbocycles. The topological polar surface area (TPSA) is 72.9 Å². The van der Waals surface area contributed by atoms with Crippen molar-refractivity contribution in [1.82, 2.24) is 15.2 Å². The highest BCUT2D eigenvalue weighted by Crippen LogP contribution is 2.46. The maximum Gasteiger partial charge on any atom is 0.254 e. The number of aromatic nitrogens is 1. The van der Waals surface area contributed by atoms with Crippen molar-refractivity contribution in [3.8, 4) is 17.2 Å². The van der Waals surface area contributed by atoms with Crippen molar-refractivity contribution in [1.29, 1.82) is 0 Å². The highest BCUT2D eigenvalue weighted by atomic mass is 16.7.